The number of terminal acetylenes is 2. The Morgan fingerprint density at radius 3 is 2.58 bits per heavy atom. The van der Waals surface area contributed by atoms with E-state index in [1.807, 2.05) is 0 Å². The molecule has 0 aliphatic rings. The van der Waals surface area contributed by atoms with Gasteiger partial charge in [-0.2, -0.15) is 0 Å². The van der Waals surface area contributed by atoms with Gasteiger partial charge in [-0.15, -0.1) is 24.7 Å². The van der Waals surface area contributed by atoms with Gasteiger partial charge in [0.25, 0.3) is 0 Å². The molecule has 0 aliphatic heterocycles. The SMILES string of the molecule is C#CCCCNC(CC)CC#C. The zero-order valence-corrected chi connectivity index (χ0v) is 7.77. The minimum absolute atomic E-state index is 0.466. The van der Waals surface area contributed by atoms with Gasteiger partial charge in [-0.25, -0.2) is 0 Å². The molecular weight excluding hydrogens is 146 g/mol. The lowest BCUT2D eigenvalue weighted by Gasteiger charge is -2.12. The Balaban J connectivity index is 3.34. The van der Waals surface area contributed by atoms with Crippen LogP contribution < -0.4 is 5.32 Å². The quantitative estimate of drug-likeness (QED) is 0.465. The highest BCUT2D eigenvalue weighted by Crippen LogP contribution is 1.96. The highest BCUT2D eigenvalue weighted by atomic mass is 14.9. The minimum Gasteiger partial charge on any atom is -0.313 e. The Hall–Kier alpha value is -0.920. The number of hydrogen-bond donors (Lipinski definition) is 1. The van der Waals surface area contributed by atoms with Crippen LogP contribution in [0.5, 0.6) is 0 Å². The fourth-order valence-corrected chi connectivity index (χ4v) is 1.000. The van der Waals surface area contributed by atoms with Crippen molar-refractivity contribution >= 4 is 0 Å². The molecule has 0 aromatic carbocycles. The van der Waals surface area contributed by atoms with E-state index in [1.54, 1.807) is 0 Å². The minimum atomic E-state index is 0.466. The van der Waals surface area contributed by atoms with E-state index in [1.165, 1.54) is 0 Å². The Bertz CT molecular complexity index is 170. The van der Waals surface area contributed by atoms with Gasteiger partial charge in [0.05, 0.1) is 0 Å². The first-order valence-electron chi connectivity index (χ1n) is 4.45. The normalized spacial score (nSPS) is 11.6. The third-order valence-electron chi connectivity index (χ3n) is 1.79. The molecule has 0 saturated carbocycles. The summed E-state index contributed by atoms with van der Waals surface area (Å²) in [6.07, 6.45) is 14.1. The maximum atomic E-state index is 5.21. The summed E-state index contributed by atoms with van der Waals surface area (Å²) in [4.78, 5) is 0. The molecule has 1 nitrogen and oxygen atoms in total. The maximum Gasteiger partial charge on any atom is 0.0240 e. The summed E-state index contributed by atoms with van der Waals surface area (Å²) in [6, 6.07) is 0.466. The van der Waals surface area contributed by atoms with E-state index in [0.717, 1.165) is 32.2 Å². The molecule has 0 bridgehead atoms. The van der Waals surface area contributed by atoms with E-state index in [4.69, 9.17) is 12.8 Å². The molecule has 1 N–H and O–H groups in total. The Kier molecular flexibility index (Phi) is 7.55. The van der Waals surface area contributed by atoms with Gasteiger partial charge in [0.2, 0.25) is 0 Å². The largest absolute Gasteiger partial charge is 0.313 e. The summed E-state index contributed by atoms with van der Waals surface area (Å²) in [5.41, 5.74) is 0. The summed E-state index contributed by atoms with van der Waals surface area (Å²) in [5, 5.41) is 3.37. The van der Waals surface area contributed by atoms with Gasteiger partial charge < -0.3 is 5.32 Å². The van der Waals surface area contributed by atoms with Crippen molar-refractivity contribution in [3.63, 3.8) is 0 Å². The fourth-order valence-electron chi connectivity index (χ4n) is 1.000. The van der Waals surface area contributed by atoms with E-state index in [-0.39, 0.29) is 0 Å². The Morgan fingerprint density at radius 1 is 1.33 bits per heavy atom. The lowest BCUT2D eigenvalue weighted by molar-refractivity contribution is 0.502. The van der Waals surface area contributed by atoms with Crippen LogP contribution in [0, 0.1) is 24.7 Å². The van der Waals surface area contributed by atoms with Crippen LogP contribution in [0.25, 0.3) is 0 Å². The molecular formula is C11H17N. The molecule has 1 unspecified atom stereocenters. The van der Waals surface area contributed by atoms with E-state index in [9.17, 15) is 0 Å². The number of hydrogen-bond acceptors (Lipinski definition) is 1. The van der Waals surface area contributed by atoms with Crippen LogP contribution in [0.3, 0.4) is 0 Å². The van der Waals surface area contributed by atoms with Crippen LogP contribution in [0.1, 0.15) is 32.6 Å². The first-order valence-corrected chi connectivity index (χ1v) is 4.45. The molecule has 0 aromatic rings. The molecule has 0 saturated heterocycles. The van der Waals surface area contributed by atoms with Crippen molar-refractivity contribution in [1.82, 2.24) is 5.32 Å². The summed E-state index contributed by atoms with van der Waals surface area (Å²) in [5.74, 6) is 5.27. The smallest absolute Gasteiger partial charge is 0.0240 e. The summed E-state index contributed by atoms with van der Waals surface area (Å²) < 4.78 is 0. The zero-order valence-electron chi connectivity index (χ0n) is 7.77. The molecule has 1 heteroatoms. The van der Waals surface area contributed by atoms with E-state index in [2.05, 4.69) is 24.1 Å². The molecule has 0 fully saturated rings. The molecule has 0 heterocycles. The number of nitrogens with one attached hydrogen (secondary N) is 1. The van der Waals surface area contributed by atoms with Crippen LogP contribution in [-0.2, 0) is 0 Å². The van der Waals surface area contributed by atoms with Gasteiger partial charge in [0.1, 0.15) is 0 Å². The molecule has 66 valence electrons. The van der Waals surface area contributed by atoms with E-state index < -0.39 is 0 Å². The van der Waals surface area contributed by atoms with Crippen LogP contribution in [0.15, 0.2) is 0 Å². The van der Waals surface area contributed by atoms with Gasteiger partial charge in [-0.05, 0) is 19.4 Å². The second-order valence-corrected chi connectivity index (χ2v) is 2.78. The summed E-state index contributed by atoms with van der Waals surface area (Å²) >= 11 is 0. The highest BCUT2D eigenvalue weighted by molar-refractivity contribution is 4.89. The van der Waals surface area contributed by atoms with Crippen LogP contribution in [0.4, 0.5) is 0 Å². The first-order chi connectivity index (χ1) is 5.85. The van der Waals surface area contributed by atoms with E-state index >= 15 is 0 Å². The Labute approximate surface area is 75.9 Å². The van der Waals surface area contributed by atoms with Crippen molar-refractivity contribution in [1.29, 1.82) is 0 Å². The average Bonchev–Trinajstić information content (AvgIpc) is 2.10. The second-order valence-electron chi connectivity index (χ2n) is 2.78. The Morgan fingerprint density at radius 2 is 2.08 bits per heavy atom. The van der Waals surface area contributed by atoms with E-state index in [0.29, 0.717) is 6.04 Å². The summed E-state index contributed by atoms with van der Waals surface area (Å²) in [7, 11) is 0. The number of rotatable bonds is 6. The molecule has 0 radical (unpaired) electrons. The maximum absolute atomic E-state index is 5.21. The van der Waals surface area contributed by atoms with Gasteiger partial charge in [0, 0.05) is 18.9 Å². The van der Waals surface area contributed by atoms with Crippen molar-refractivity contribution in [2.75, 3.05) is 6.54 Å². The van der Waals surface area contributed by atoms with Gasteiger partial charge in [0.15, 0.2) is 0 Å². The molecule has 0 rings (SSSR count). The molecule has 1 atom stereocenters. The van der Waals surface area contributed by atoms with Gasteiger partial charge in [-0.3, -0.25) is 0 Å². The molecule has 0 aromatic heterocycles. The summed E-state index contributed by atoms with van der Waals surface area (Å²) in [6.45, 7) is 3.11. The second kappa shape index (κ2) is 8.18. The number of unbranched alkanes of at least 4 members (excludes halogenated alkanes) is 1. The van der Waals surface area contributed by atoms with Crippen molar-refractivity contribution < 1.29 is 0 Å². The molecule has 12 heavy (non-hydrogen) atoms. The lowest BCUT2D eigenvalue weighted by atomic mass is 10.1. The van der Waals surface area contributed by atoms with Crippen LogP contribution in [-0.4, -0.2) is 12.6 Å². The fraction of sp³-hybridized carbons (Fsp3) is 0.636. The third kappa shape index (κ3) is 5.83. The zero-order chi connectivity index (χ0) is 9.23. The van der Waals surface area contributed by atoms with Crippen LogP contribution >= 0.6 is 0 Å². The predicted octanol–water partition coefficient (Wildman–Crippen LogP) is 1.79. The lowest BCUT2D eigenvalue weighted by Crippen LogP contribution is -2.28. The topological polar surface area (TPSA) is 12.0 Å². The third-order valence-corrected chi connectivity index (χ3v) is 1.79. The highest BCUT2D eigenvalue weighted by Gasteiger charge is 2.01. The monoisotopic (exact) mass is 163 g/mol. The van der Waals surface area contributed by atoms with Crippen molar-refractivity contribution in [2.45, 2.75) is 38.6 Å². The molecule has 0 spiro atoms. The molecule has 0 amide bonds. The van der Waals surface area contributed by atoms with Crippen molar-refractivity contribution in [3.05, 3.63) is 0 Å². The standard InChI is InChI=1S/C11H17N/c1-4-7-8-10-12-11(6-3)9-5-2/h1-2,11-12H,6-10H2,3H3. The predicted molar refractivity (Wildman–Crippen MR) is 53.6 cm³/mol. The van der Waals surface area contributed by atoms with Crippen molar-refractivity contribution in [2.24, 2.45) is 0 Å². The average molecular weight is 163 g/mol. The molecule has 0 aliphatic carbocycles. The van der Waals surface area contributed by atoms with Gasteiger partial charge >= 0.3 is 0 Å². The van der Waals surface area contributed by atoms with Crippen LogP contribution in [0.2, 0.25) is 0 Å². The van der Waals surface area contributed by atoms with Gasteiger partial charge in [-0.1, -0.05) is 6.92 Å². The van der Waals surface area contributed by atoms with Crippen molar-refractivity contribution in [3.8, 4) is 24.7 Å². The first kappa shape index (κ1) is 11.1.